The number of hydrogen-bond donors (Lipinski definition) is 0. The molecule has 0 bridgehead atoms. The summed E-state index contributed by atoms with van der Waals surface area (Å²) in [5.41, 5.74) is -7.65. The van der Waals surface area contributed by atoms with Crippen molar-refractivity contribution in [2.75, 3.05) is 6.61 Å². The second kappa shape index (κ2) is 9.40. The molecule has 0 aliphatic carbocycles. The SMILES string of the molecule is CCOC=Nc1c([S+]([O-])C(F)(F)F)c(-c2ncon2)nn1-c1c(Cl)cc(C(F)(F)F)cc1Cl. The topological polar surface area (TPSA) is 101 Å². The molecule has 0 amide bonds. The molecule has 0 N–H and O–H groups in total. The summed E-state index contributed by atoms with van der Waals surface area (Å²) in [7, 11) is 0. The third kappa shape index (κ3) is 5.20. The molecule has 0 radical (unpaired) electrons. The fourth-order valence-electron chi connectivity index (χ4n) is 2.46. The van der Waals surface area contributed by atoms with Gasteiger partial charge >= 0.3 is 11.7 Å². The van der Waals surface area contributed by atoms with Crippen LogP contribution in [0.1, 0.15) is 12.5 Å². The molecule has 0 spiro atoms. The number of aromatic nitrogens is 4. The van der Waals surface area contributed by atoms with Crippen LogP contribution in [0.3, 0.4) is 0 Å². The van der Waals surface area contributed by atoms with Gasteiger partial charge in [0.15, 0.2) is 12.1 Å². The molecule has 8 nitrogen and oxygen atoms in total. The molecule has 3 rings (SSSR count). The second-order valence-corrected chi connectivity index (χ2v) is 8.08. The maximum atomic E-state index is 13.4. The van der Waals surface area contributed by atoms with Gasteiger partial charge in [-0.2, -0.15) is 28.2 Å². The Morgan fingerprint density at radius 2 is 1.85 bits per heavy atom. The van der Waals surface area contributed by atoms with E-state index in [4.69, 9.17) is 27.9 Å². The Balaban J connectivity index is 2.37. The van der Waals surface area contributed by atoms with E-state index >= 15 is 0 Å². The van der Waals surface area contributed by atoms with Crippen LogP contribution < -0.4 is 0 Å². The minimum atomic E-state index is -5.28. The van der Waals surface area contributed by atoms with Gasteiger partial charge in [0.2, 0.25) is 22.9 Å². The first-order chi connectivity index (χ1) is 15.4. The summed E-state index contributed by atoms with van der Waals surface area (Å²) < 4.78 is 102. The van der Waals surface area contributed by atoms with Gasteiger partial charge in [0, 0.05) is 0 Å². The maximum Gasteiger partial charge on any atom is 0.578 e. The number of aliphatic imine (C=N–C) groups is 1. The Hall–Kier alpha value is -2.49. The molecule has 17 heteroatoms. The first kappa shape index (κ1) is 25.1. The molecular weight excluding hydrogens is 527 g/mol. The number of ether oxygens (including phenoxy) is 1. The molecule has 1 unspecified atom stereocenters. The van der Waals surface area contributed by atoms with Gasteiger partial charge in [0.05, 0.1) is 22.2 Å². The first-order valence-corrected chi connectivity index (χ1v) is 10.4. The van der Waals surface area contributed by atoms with E-state index in [9.17, 15) is 30.9 Å². The zero-order chi connectivity index (χ0) is 24.6. The maximum absolute atomic E-state index is 13.4. The molecule has 2 aromatic heterocycles. The number of benzene rings is 1. The van der Waals surface area contributed by atoms with Crippen molar-refractivity contribution < 1.29 is 40.2 Å². The summed E-state index contributed by atoms with van der Waals surface area (Å²) in [6.45, 7) is 1.61. The molecule has 178 valence electrons. The Labute approximate surface area is 193 Å². The summed E-state index contributed by atoms with van der Waals surface area (Å²) in [6.07, 6.45) is -3.31. The molecule has 33 heavy (non-hydrogen) atoms. The van der Waals surface area contributed by atoms with E-state index in [0.717, 1.165) is 12.8 Å². The molecule has 0 saturated heterocycles. The van der Waals surface area contributed by atoms with Crippen LogP contribution in [0.5, 0.6) is 0 Å². The van der Waals surface area contributed by atoms with E-state index in [1.165, 1.54) is 0 Å². The van der Waals surface area contributed by atoms with Crippen molar-refractivity contribution >= 4 is 46.6 Å². The summed E-state index contributed by atoms with van der Waals surface area (Å²) in [5, 5.41) is 5.99. The molecule has 0 aliphatic heterocycles. The van der Waals surface area contributed by atoms with Crippen molar-refractivity contribution in [2.45, 2.75) is 23.5 Å². The van der Waals surface area contributed by atoms with Gasteiger partial charge < -0.3 is 13.8 Å². The highest BCUT2D eigenvalue weighted by Crippen LogP contribution is 2.45. The average Bonchev–Trinajstić information content (AvgIpc) is 3.34. The fourth-order valence-corrected chi connectivity index (χ4v) is 3.96. The van der Waals surface area contributed by atoms with Crippen molar-refractivity contribution in [3.63, 3.8) is 0 Å². The molecule has 0 saturated carbocycles. The van der Waals surface area contributed by atoms with Crippen LogP contribution in [0, 0.1) is 0 Å². The summed E-state index contributed by atoms with van der Waals surface area (Å²) in [5.74, 6) is -1.25. The van der Waals surface area contributed by atoms with Gasteiger partial charge in [0.1, 0.15) is 16.9 Å². The van der Waals surface area contributed by atoms with Crippen molar-refractivity contribution in [1.82, 2.24) is 19.9 Å². The average molecular weight is 536 g/mol. The molecule has 0 aliphatic rings. The summed E-state index contributed by atoms with van der Waals surface area (Å²) in [6, 6.07) is 0.990. The van der Waals surface area contributed by atoms with Crippen molar-refractivity contribution in [1.29, 1.82) is 0 Å². The third-order valence-corrected chi connectivity index (χ3v) is 5.50. The second-order valence-electron chi connectivity index (χ2n) is 5.86. The van der Waals surface area contributed by atoms with Crippen LogP contribution in [-0.2, 0) is 22.1 Å². The predicted molar refractivity (Wildman–Crippen MR) is 104 cm³/mol. The lowest BCUT2D eigenvalue weighted by molar-refractivity contribution is -0.137. The zero-order valence-corrected chi connectivity index (χ0v) is 18.2. The van der Waals surface area contributed by atoms with Gasteiger partial charge in [-0.25, -0.2) is 4.68 Å². The number of alkyl halides is 6. The lowest BCUT2D eigenvalue weighted by atomic mass is 10.2. The Kier molecular flexibility index (Phi) is 7.16. The number of hydrogen-bond acceptors (Lipinski definition) is 7. The van der Waals surface area contributed by atoms with Crippen LogP contribution in [0.2, 0.25) is 10.0 Å². The number of nitrogens with zero attached hydrogens (tertiary/aromatic N) is 5. The predicted octanol–water partition coefficient (Wildman–Crippen LogP) is 5.57. The van der Waals surface area contributed by atoms with Crippen LogP contribution in [0.15, 0.2) is 32.9 Å². The molecular formula is C16H9Cl2F6N5O3S. The molecule has 1 aromatic carbocycles. The van der Waals surface area contributed by atoms with E-state index in [2.05, 4.69) is 24.8 Å². The molecule has 2 heterocycles. The molecule has 0 fully saturated rings. The lowest BCUT2D eigenvalue weighted by Crippen LogP contribution is -2.23. The Bertz CT molecular complexity index is 1140. The highest BCUT2D eigenvalue weighted by atomic mass is 35.5. The van der Waals surface area contributed by atoms with E-state index in [1.54, 1.807) is 6.92 Å². The van der Waals surface area contributed by atoms with Crippen molar-refractivity contribution in [3.8, 4) is 17.2 Å². The van der Waals surface area contributed by atoms with E-state index in [0.29, 0.717) is 16.8 Å². The largest absolute Gasteiger partial charge is 0.604 e. The van der Waals surface area contributed by atoms with Crippen LogP contribution in [0.4, 0.5) is 32.2 Å². The summed E-state index contributed by atoms with van der Waals surface area (Å²) in [4.78, 5) is 6.30. The minimum absolute atomic E-state index is 0.0643. The quantitative estimate of drug-likeness (QED) is 0.177. The van der Waals surface area contributed by atoms with E-state index in [-0.39, 0.29) is 6.61 Å². The van der Waals surface area contributed by atoms with Crippen molar-refractivity contribution in [2.24, 2.45) is 4.99 Å². The highest BCUT2D eigenvalue weighted by Gasteiger charge is 2.51. The zero-order valence-electron chi connectivity index (χ0n) is 15.9. The Morgan fingerprint density at radius 3 is 2.33 bits per heavy atom. The monoisotopic (exact) mass is 535 g/mol. The van der Waals surface area contributed by atoms with Gasteiger partial charge in [-0.3, -0.25) is 0 Å². The van der Waals surface area contributed by atoms with Gasteiger partial charge in [-0.05, 0) is 19.1 Å². The van der Waals surface area contributed by atoms with Crippen LogP contribution >= 0.6 is 23.2 Å². The van der Waals surface area contributed by atoms with E-state index in [1.807, 2.05) is 0 Å². The number of halogens is 8. The molecule has 3 aromatic rings. The molecule has 1 atom stereocenters. The van der Waals surface area contributed by atoms with Crippen LogP contribution in [-0.4, -0.2) is 43.0 Å². The Morgan fingerprint density at radius 1 is 1.21 bits per heavy atom. The normalized spacial score (nSPS) is 13.6. The van der Waals surface area contributed by atoms with Gasteiger partial charge in [-0.1, -0.05) is 28.4 Å². The number of rotatable bonds is 6. The standard InChI is InChI=1S/C16H9Cl2F6N5O3S/c1-2-31-5-26-14-12(33(30)16(22,23)24)10(13-25-6-32-28-13)27-29(14)11-8(17)3-7(4-9(11)18)15(19,20)21/h3-6H,2H2,1H3. The third-order valence-electron chi connectivity index (χ3n) is 3.76. The first-order valence-electron chi connectivity index (χ1n) is 8.45. The van der Waals surface area contributed by atoms with Gasteiger partial charge in [-0.15, -0.1) is 13.2 Å². The highest BCUT2D eigenvalue weighted by molar-refractivity contribution is 7.92. The summed E-state index contributed by atoms with van der Waals surface area (Å²) >= 11 is 8.24. The van der Waals surface area contributed by atoms with Gasteiger partial charge in [0.25, 0.3) is 0 Å². The smallest absolute Gasteiger partial charge is 0.578 e. The fraction of sp³-hybridized carbons (Fsp3) is 0.250. The van der Waals surface area contributed by atoms with E-state index < -0.39 is 66.4 Å². The van der Waals surface area contributed by atoms with Crippen molar-refractivity contribution in [3.05, 3.63) is 34.1 Å². The minimum Gasteiger partial charge on any atom is -0.604 e. The van der Waals surface area contributed by atoms with Crippen LogP contribution in [0.25, 0.3) is 17.2 Å². The lowest BCUT2D eigenvalue weighted by Gasteiger charge is -2.14.